The molecule has 0 amide bonds. The second kappa shape index (κ2) is 6.71. The summed E-state index contributed by atoms with van der Waals surface area (Å²) in [6, 6.07) is 8.48. The highest BCUT2D eigenvalue weighted by atomic mass is 16.4. The first-order chi connectivity index (χ1) is 9.15. The molecule has 1 atom stereocenters. The van der Waals surface area contributed by atoms with Crippen molar-refractivity contribution in [3.8, 4) is 0 Å². The van der Waals surface area contributed by atoms with Crippen LogP contribution in [-0.4, -0.2) is 24.2 Å². The zero-order chi connectivity index (χ0) is 13.7. The lowest BCUT2D eigenvalue weighted by Crippen LogP contribution is -2.28. The minimum atomic E-state index is -0.723. The molecule has 2 rings (SSSR count). The van der Waals surface area contributed by atoms with E-state index in [9.17, 15) is 4.79 Å². The van der Waals surface area contributed by atoms with Gasteiger partial charge in [0.2, 0.25) is 0 Å². The summed E-state index contributed by atoms with van der Waals surface area (Å²) in [7, 11) is 0. The maximum absolute atomic E-state index is 10.8. The third-order valence-electron chi connectivity index (χ3n) is 3.97. The largest absolute Gasteiger partial charge is 0.481 e. The summed E-state index contributed by atoms with van der Waals surface area (Å²) in [6.45, 7) is 4.03. The predicted octanol–water partition coefficient (Wildman–Crippen LogP) is 2.49. The number of rotatable bonds is 5. The van der Waals surface area contributed by atoms with Crippen LogP contribution in [0.3, 0.4) is 0 Å². The van der Waals surface area contributed by atoms with Crippen molar-refractivity contribution in [1.29, 1.82) is 0 Å². The monoisotopic (exact) mass is 261 g/mol. The lowest BCUT2D eigenvalue weighted by molar-refractivity contribution is -0.141. The Balaban J connectivity index is 1.88. The van der Waals surface area contributed by atoms with Crippen LogP contribution in [0.5, 0.6) is 0 Å². The SMILES string of the molecule is CC(Cc1ccc(CC2CCNCC2)cc1)C(=O)O. The van der Waals surface area contributed by atoms with Gasteiger partial charge in [-0.15, -0.1) is 0 Å². The Labute approximate surface area is 115 Å². The average molecular weight is 261 g/mol. The van der Waals surface area contributed by atoms with E-state index in [1.165, 1.54) is 18.4 Å². The molecule has 0 spiro atoms. The molecule has 1 unspecified atom stereocenters. The molecule has 1 heterocycles. The molecule has 19 heavy (non-hydrogen) atoms. The second-order valence-corrected chi connectivity index (χ2v) is 5.66. The van der Waals surface area contributed by atoms with E-state index in [1.54, 1.807) is 6.92 Å². The summed E-state index contributed by atoms with van der Waals surface area (Å²) in [5.74, 6) is -0.237. The Kier molecular flexibility index (Phi) is 4.97. The van der Waals surface area contributed by atoms with Gasteiger partial charge in [0.1, 0.15) is 0 Å². The third-order valence-corrected chi connectivity index (χ3v) is 3.97. The molecule has 1 saturated heterocycles. The van der Waals surface area contributed by atoms with Crippen molar-refractivity contribution in [3.63, 3.8) is 0 Å². The predicted molar refractivity (Wildman–Crippen MR) is 76.2 cm³/mol. The highest BCUT2D eigenvalue weighted by Gasteiger charge is 2.14. The van der Waals surface area contributed by atoms with Gasteiger partial charge in [-0.3, -0.25) is 4.79 Å². The van der Waals surface area contributed by atoms with Crippen LogP contribution in [0.15, 0.2) is 24.3 Å². The molecule has 1 aliphatic rings. The third kappa shape index (κ3) is 4.35. The quantitative estimate of drug-likeness (QED) is 0.856. The van der Waals surface area contributed by atoms with Crippen LogP contribution in [0.1, 0.15) is 30.9 Å². The molecular formula is C16H23NO2. The minimum absolute atomic E-state index is 0.310. The van der Waals surface area contributed by atoms with E-state index in [1.807, 2.05) is 0 Å². The molecule has 1 fully saturated rings. The van der Waals surface area contributed by atoms with E-state index in [0.29, 0.717) is 6.42 Å². The summed E-state index contributed by atoms with van der Waals surface area (Å²) in [6.07, 6.45) is 4.29. The van der Waals surface area contributed by atoms with E-state index in [-0.39, 0.29) is 5.92 Å². The number of aliphatic carboxylic acids is 1. The Morgan fingerprint density at radius 1 is 1.26 bits per heavy atom. The summed E-state index contributed by atoms with van der Waals surface area (Å²) >= 11 is 0. The lowest BCUT2D eigenvalue weighted by Gasteiger charge is -2.22. The van der Waals surface area contributed by atoms with Crippen molar-refractivity contribution in [2.75, 3.05) is 13.1 Å². The first kappa shape index (κ1) is 14.1. The van der Waals surface area contributed by atoms with Crippen molar-refractivity contribution in [2.45, 2.75) is 32.6 Å². The van der Waals surface area contributed by atoms with Gasteiger partial charge in [-0.1, -0.05) is 31.2 Å². The number of hydrogen-bond donors (Lipinski definition) is 2. The molecule has 1 aromatic carbocycles. The van der Waals surface area contributed by atoms with Gasteiger partial charge in [-0.2, -0.15) is 0 Å². The smallest absolute Gasteiger partial charge is 0.306 e. The number of hydrogen-bond acceptors (Lipinski definition) is 2. The van der Waals surface area contributed by atoms with Gasteiger partial charge >= 0.3 is 5.97 Å². The second-order valence-electron chi connectivity index (χ2n) is 5.66. The van der Waals surface area contributed by atoms with Crippen LogP contribution in [0.4, 0.5) is 0 Å². The molecule has 2 N–H and O–H groups in total. The number of carbonyl (C=O) groups is 1. The van der Waals surface area contributed by atoms with E-state index in [2.05, 4.69) is 29.6 Å². The van der Waals surface area contributed by atoms with Gasteiger partial charge < -0.3 is 10.4 Å². The highest BCUT2D eigenvalue weighted by molar-refractivity contribution is 5.69. The van der Waals surface area contributed by atoms with Crippen molar-refractivity contribution < 1.29 is 9.90 Å². The molecule has 0 aliphatic carbocycles. The number of nitrogens with one attached hydrogen (secondary N) is 1. The number of carboxylic acid groups (broad SMARTS) is 1. The fourth-order valence-electron chi connectivity index (χ4n) is 2.67. The fourth-order valence-corrected chi connectivity index (χ4v) is 2.67. The van der Waals surface area contributed by atoms with Gasteiger partial charge in [-0.05, 0) is 55.8 Å². The van der Waals surface area contributed by atoms with Gasteiger partial charge in [0, 0.05) is 0 Å². The minimum Gasteiger partial charge on any atom is -0.481 e. The van der Waals surface area contributed by atoms with Gasteiger partial charge in [0.05, 0.1) is 5.92 Å². The molecule has 0 saturated carbocycles. The van der Waals surface area contributed by atoms with E-state index in [4.69, 9.17) is 5.11 Å². The van der Waals surface area contributed by atoms with Crippen LogP contribution in [0, 0.1) is 11.8 Å². The highest BCUT2D eigenvalue weighted by Crippen LogP contribution is 2.19. The maximum atomic E-state index is 10.8. The van der Waals surface area contributed by atoms with E-state index >= 15 is 0 Å². The van der Waals surface area contributed by atoms with E-state index < -0.39 is 5.97 Å². The van der Waals surface area contributed by atoms with Gasteiger partial charge in [-0.25, -0.2) is 0 Å². The standard InChI is InChI=1S/C16H23NO2/c1-12(16(18)19)10-13-2-4-14(5-3-13)11-15-6-8-17-9-7-15/h2-5,12,15,17H,6-11H2,1H3,(H,18,19). The zero-order valence-corrected chi connectivity index (χ0v) is 11.6. The van der Waals surface area contributed by atoms with Crippen LogP contribution in [0.2, 0.25) is 0 Å². The average Bonchev–Trinajstić information content (AvgIpc) is 2.42. The molecule has 1 aromatic rings. The lowest BCUT2D eigenvalue weighted by atomic mass is 9.90. The van der Waals surface area contributed by atoms with Crippen LogP contribution in [-0.2, 0) is 17.6 Å². The topological polar surface area (TPSA) is 49.3 Å². The normalized spacial score (nSPS) is 18.2. The Bertz CT molecular complexity index is 407. The number of carboxylic acids is 1. The number of benzene rings is 1. The first-order valence-electron chi connectivity index (χ1n) is 7.16. The summed E-state index contributed by atoms with van der Waals surface area (Å²) in [4.78, 5) is 10.8. The number of piperidine rings is 1. The Morgan fingerprint density at radius 3 is 2.42 bits per heavy atom. The molecule has 104 valence electrons. The molecular weight excluding hydrogens is 238 g/mol. The van der Waals surface area contributed by atoms with Crippen LogP contribution in [0.25, 0.3) is 0 Å². The molecule has 3 nitrogen and oxygen atoms in total. The van der Waals surface area contributed by atoms with Crippen molar-refractivity contribution in [1.82, 2.24) is 5.32 Å². The summed E-state index contributed by atoms with van der Waals surface area (Å²) in [5.41, 5.74) is 2.49. The van der Waals surface area contributed by atoms with Crippen molar-refractivity contribution in [3.05, 3.63) is 35.4 Å². The van der Waals surface area contributed by atoms with Crippen LogP contribution < -0.4 is 5.32 Å². The van der Waals surface area contributed by atoms with Gasteiger partial charge in [0.25, 0.3) is 0 Å². The maximum Gasteiger partial charge on any atom is 0.306 e. The first-order valence-corrected chi connectivity index (χ1v) is 7.16. The fraction of sp³-hybridized carbons (Fsp3) is 0.562. The Hall–Kier alpha value is -1.35. The Morgan fingerprint density at radius 2 is 1.84 bits per heavy atom. The van der Waals surface area contributed by atoms with Crippen molar-refractivity contribution in [2.24, 2.45) is 11.8 Å². The molecule has 0 aromatic heterocycles. The van der Waals surface area contributed by atoms with Gasteiger partial charge in [0.15, 0.2) is 0 Å². The zero-order valence-electron chi connectivity index (χ0n) is 11.6. The summed E-state index contributed by atoms with van der Waals surface area (Å²) in [5, 5.41) is 12.3. The van der Waals surface area contributed by atoms with E-state index in [0.717, 1.165) is 31.0 Å². The van der Waals surface area contributed by atoms with Crippen molar-refractivity contribution >= 4 is 5.97 Å². The molecule has 3 heteroatoms. The molecule has 1 aliphatic heterocycles. The molecule has 0 bridgehead atoms. The summed E-state index contributed by atoms with van der Waals surface area (Å²) < 4.78 is 0. The molecule has 0 radical (unpaired) electrons. The van der Waals surface area contributed by atoms with Crippen LogP contribution >= 0.6 is 0 Å².